The van der Waals surface area contributed by atoms with Crippen LogP contribution in [0.4, 0.5) is 0 Å². The lowest BCUT2D eigenvalue weighted by Gasteiger charge is -2.33. The second kappa shape index (κ2) is 4.97. The van der Waals surface area contributed by atoms with Gasteiger partial charge in [0.2, 0.25) is 5.91 Å². The molecule has 0 atom stereocenters. The molecular formula is C12H24N2O. The van der Waals surface area contributed by atoms with Gasteiger partial charge in [-0.15, -0.1) is 0 Å². The molecule has 0 heterocycles. The van der Waals surface area contributed by atoms with Gasteiger partial charge in [-0.3, -0.25) is 4.79 Å². The van der Waals surface area contributed by atoms with Crippen molar-refractivity contribution in [2.24, 2.45) is 0 Å². The zero-order valence-electron chi connectivity index (χ0n) is 10.5. The molecule has 0 aromatic rings. The van der Waals surface area contributed by atoms with E-state index in [0.29, 0.717) is 6.04 Å². The van der Waals surface area contributed by atoms with E-state index in [2.05, 4.69) is 5.32 Å². The number of carbonyl (C=O) groups is 1. The van der Waals surface area contributed by atoms with Crippen LogP contribution in [0.2, 0.25) is 0 Å². The molecule has 88 valence electrons. The SMILES string of the molecule is CCNC(C)(C)C(=O)N(C)C1CCCC1. The maximum Gasteiger partial charge on any atom is 0.242 e. The summed E-state index contributed by atoms with van der Waals surface area (Å²) < 4.78 is 0. The number of nitrogens with one attached hydrogen (secondary N) is 1. The minimum absolute atomic E-state index is 0.219. The molecule has 1 amide bonds. The van der Waals surface area contributed by atoms with Gasteiger partial charge in [0, 0.05) is 13.1 Å². The van der Waals surface area contributed by atoms with Crippen LogP contribution in [0.25, 0.3) is 0 Å². The van der Waals surface area contributed by atoms with Gasteiger partial charge in [-0.05, 0) is 33.2 Å². The molecule has 0 saturated heterocycles. The monoisotopic (exact) mass is 212 g/mol. The summed E-state index contributed by atoms with van der Waals surface area (Å²) >= 11 is 0. The fourth-order valence-electron chi connectivity index (χ4n) is 2.42. The lowest BCUT2D eigenvalue weighted by molar-refractivity contribution is -0.137. The van der Waals surface area contributed by atoms with Gasteiger partial charge in [-0.1, -0.05) is 19.8 Å². The van der Waals surface area contributed by atoms with Gasteiger partial charge in [0.25, 0.3) is 0 Å². The van der Waals surface area contributed by atoms with Crippen LogP contribution in [0.5, 0.6) is 0 Å². The molecule has 0 radical (unpaired) electrons. The second-order valence-corrected chi connectivity index (χ2v) is 5.01. The summed E-state index contributed by atoms with van der Waals surface area (Å²) in [5.74, 6) is 0.219. The summed E-state index contributed by atoms with van der Waals surface area (Å²) in [7, 11) is 1.94. The van der Waals surface area contributed by atoms with E-state index < -0.39 is 5.54 Å². The van der Waals surface area contributed by atoms with Gasteiger partial charge in [-0.2, -0.15) is 0 Å². The highest BCUT2D eigenvalue weighted by Crippen LogP contribution is 2.24. The summed E-state index contributed by atoms with van der Waals surface area (Å²) in [6, 6.07) is 0.468. The van der Waals surface area contributed by atoms with Crippen molar-refractivity contribution in [3.63, 3.8) is 0 Å². The molecule has 1 N–H and O–H groups in total. The molecule has 0 aromatic carbocycles. The van der Waals surface area contributed by atoms with Crippen LogP contribution in [0.3, 0.4) is 0 Å². The van der Waals surface area contributed by atoms with Gasteiger partial charge in [0.05, 0.1) is 5.54 Å². The third kappa shape index (κ3) is 2.94. The molecule has 1 saturated carbocycles. The van der Waals surface area contributed by atoms with Crippen molar-refractivity contribution >= 4 is 5.91 Å². The van der Waals surface area contributed by atoms with Crippen molar-refractivity contribution < 1.29 is 4.79 Å². The molecule has 1 fully saturated rings. The number of likely N-dealkylation sites (N-methyl/N-ethyl adjacent to an activating group) is 2. The molecule has 1 aliphatic carbocycles. The topological polar surface area (TPSA) is 32.3 Å². The Morgan fingerprint density at radius 1 is 1.40 bits per heavy atom. The van der Waals surface area contributed by atoms with Gasteiger partial charge < -0.3 is 10.2 Å². The van der Waals surface area contributed by atoms with E-state index >= 15 is 0 Å². The Bertz CT molecular complexity index is 220. The van der Waals surface area contributed by atoms with Crippen molar-refractivity contribution in [1.82, 2.24) is 10.2 Å². The standard InChI is InChI=1S/C12H24N2O/c1-5-13-12(2,3)11(15)14(4)10-8-6-7-9-10/h10,13H,5-9H2,1-4H3. The summed E-state index contributed by atoms with van der Waals surface area (Å²) in [5, 5.41) is 3.23. The van der Waals surface area contributed by atoms with Crippen LogP contribution in [0.1, 0.15) is 46.5 Å². The Morgan fingerprint density at radius 3 is 2.40 bits per heavy atom. The average Bonchev–Trinajstić information content (AvgIpc) is 2.68. The summed E-state index contributed by atoms with van der Waals surface area (Å²) in [5.41, 5.74) is -0.425. The lowest BCUT2D eigenvalue weighted by Crippen LogP contribution is -2.54. The second-order valence-electron chi connectivity index (χ2n) is 5.01. The first-order valence-electron chi connectivity index (χ1n) is 6.01. The van der Waals surface area contributed by atoms with E-state index in [1.807, 2.05) is 32.7 Å². The number of rotatable bonds is 4. The van der Waals surface area contributed by atoms with Crippen LogP contribution < -0.4 is 5.32 Å². The number of carbonyl (C=O) groups excluding carboxylic acids is 1. The molecule has 1 aliphatic rings. The van der Waals surface area contributed by atoms with E-state index in [-0.39, 0.29) is 5.91 Å². The Hall–Kier alpha value is -0.570. The zero-order chi connectivity index (χ0) is 11.5. The summed E-state index contributed by atoms with van der Waals surface area (Å²) in [6.07, 6.45) is 4.88. The highest BCUT2D eigenvalue weighted by Gasteiger charge is 2.33. The third-order valence-electron chi connectivity index (χ3n) is 3.35. The van der Waals surface area contributed by atoms with Crippen molar-refractivity contribution in [2.45, 2.75) is 58.0 Å². The highest BCUT2D eigenvalue weighted by atomic mass is 16.2. The predicted octanol–water partition coefficient (Wildman–Crippen LogP) is 1.78. The number of amides is 1. The first-order chi connectivity index (χ1) is 6.99. The number of nitrogens with zero attached hydrogens (tertiary/aromatic N) is 1. The molecule has 15 heavy (non-hydrogen) atoms. The van der Waals surface area contributed by atoms with Crippen LogP contribution in [0.15, 0.2) is 0 Å². The molecule has 0 aromatic heterocycles. The normalized spacial score (nSPS) is 18.1. The van der Waals surface area contributed by atoms with E-state index in [9.17, 15) is 4.79 Å². The highest BCUT2D eigenvalue weighted by molar-refractivity contribution is 5.85. The molecule has 0 aliphatic heterocycles. The maximum absolute atomic E-state index is 12.2. The Labute approximate surface area is 93.2 Å². The Kier molecular flexibility index (Phi) is 4.14. The first kappa shape index (κ1) is 12.5. The Morgan fingerprint density at radius 2 is 1.93 bits per heavy atom. The largest absolute Gasteiger partial charge is 0.341 e. The van der Waals surface area contributed by atoms with E-state index in [1.54, 1.807) is 0 Å². The predicted molar refractivity (Wildman–Crippen MR) is 62.8 cm³/mol. The van der Waals surface area contributed by atoms with Crippen LogP contribution >= 0.6 is 0 Å². The van der Waals surface area contributed by atoms with Crippen molar-refractivity contribution in [1.29, 1.82) is 0 Å². The fourth-order valence-corrected chi connectivity index (χ4v) is 2.42. The fraction of sp³-hybridized carbons (Fsp3) is 0.917. The van der Waals surface area contributed by atoms with E-state index in [0.717, 1.165) is 6.54 Å². The van der Waals surface area contributed by atoms with Crippen molar-refractivity contribution in [3.8, 4) is 0 Å². The first-order valence-corrected chi connectivity index (χ1v) is 6.01. The van der Waals surface area contributed by atoms with Gasteiger partial charge in [0.15, 0.2) is 0 Å². The number of hydrogen-bond donors (Lipinski definition) is 1. The molecule has 0 unspecified atom stereocenters. The molecular weight excluding hydrogens is 188 g/mol. The zero-order valence-corrected chi connectivity index (χ0v) is 10.5. The van der Waals surface area contributed by atoms with Crippen LogP contribution in [0, 0.1) is 0 Å². The third-order valence-corrected chi connectivity index (χ3v) is 3.35. The van der Waals surface area contributed by atoms with Gasteiger partial charge >= 0.3 is 0 Å². The molecule has 0 spiro atoms. The van der Waals surface area contributed by atoms with Crippen molar-refractivity contribution in [2.75, 3.05) is 13.6 Å². The minimum atomic E-state index is -0.425. The van der Waals surface area contributed by atoms with Gasteiger partial charge in [0.1, 0.15) is 0 Å². The Balaban J connectivity index is 2.57. The maximum atomic E-state index is 12.2. The molecule has 3 heteroatoms. The van der Waals surface area contributed by atoms with Crippen LogP contribution in [-0.2, 0) is 4.79 Å². The summed E-state index contributed by atoms with van der Waals surface area (Å²) in [6.45, 7) is 6.79. The van der Waals surface area contributed by atoms with Gasteiger partial charge in [-0.25, -0.2) is 0 Å². The van der Waals surface area contributed by atoms with E-state index in [4.69, 9.17) is 0 Å². The molecule has 3 nitrogen and oxygen atoms in total. The van der Waals surface area contributed by atoms with Crippen molar-refractivity contribution in [3.05, 3.63) is 0 Å². The summed E-state index contributed by atoms with van der Waals surface area (Å²) in [4.78, 5) is 14.1. The molecule has 0 bridgehead atoms. The quantitative estimate of drug-likeness (QED) is 0.770. The molecule has 1 rings (SSSR count). The van der Waals surface area contributed by atoms with E-state index in [1.165, 1.54) is 25.7 Å². The van der Waals surface area contributed by atoms with Crippen LogP contribution in [-0.4, -0.2) is 36.0 Å². The smallest absolute Gasteiger partial charge is 0.242 e. The average molecular weight is 212 g/mol. The number of hydrogen-bond acceptors (Lipinski definition) is 2. The lowest BCUT2D eigenvalue weighted by atomic mass is 10.0. The minimum Gasteiger partial charge on any atom is -0.341 e.